The lowest BCUT2D eigenvalue weighted by Crippen LogP contribution is -2.30. The molecule has 206 valence electrons. The van der Waals surface area contributed by atoms with Crippen LogP contribution in [0.2, 0.25) is 5.02 Å². The first kappa shape index (κ1) is 28.3. The highest BCUT2D eigenvalue weighted by atomic mass is 79.9. The fraction of sp³-hybridized carbons (Fsp3) is 0.120. The van der Waals surface area contributed by atoms with Gasteiger partial charge in [0, 0.05) is 16.8 Å². The normalized spacial score (nSPS) is 13.8. The number of ether oxygens (including phenoxy) is 2. The van der Waals surface area contributed by atoms with Crippen LogP contribution in [0.15, 0.2) is 63.1 Å². The lowest BCUT2D eigenvalue weighted by Gasteiger charge is -2.11. The van der Waals surface area contributed by atoms with Crippen LogP contribution < -0.4 is 15.4 Å². The molecule has 0 bridgehead atoms. The lowest BCUT2D eigenvalue weighted by atomic mass is 10.1. The molecule has 0 saturated carbocycles. The predicted octanol–water partition coefficient (Wildman–Crippen LogP) is 4.50. The number of rotatable bonds is 9. The number of nitrogens with one attached hydrogen (secondary N) is 2. The predicted molar refractivity (Wildman–Crippen MR) is 143 cm³/mol. The van der Waals surface area contributed by atoms with Crippen LogP contribution in [-0.4, -0.2) is 47.4 Å². The third kappa shape index (κ3) is 6.47. The maximum atomic E-state index is 12.9. The van der Waals surface area contributed by atoms with E-state index in [4.69, 9.17) is 20.8 Å². The summed E-state index contributed by atoms with van der Waals surface area (Å²) in [6, 6.07) is 10.9. The van der Waals surface area contributed by atoms with Crippen molar-refractivity contribution in [3.8, 4) is 5.75 Å². The van der Waals surface area contributed by atoms with E-state index < -0.39 is 41.0 Å². The van der Waals surface area contributed by atoms with Crippen LogP contribution in [0, 0.1) is 10.1 Å². The molecule has 0 radical (unpaired) electrons. The number of esters is 1. The van der Waals surface area contributed by atoms with E-state index in [1.807, 2.05) is 0 Å². The number of benzene rings is 2. The van der Waals surface area contributed by atoms with E-state index in [1.165, 1.54) is 31.4 Å². The summed E-state index contributed by atoms with van der Waals surface area (Å²) < 4.78 is 15.4. The first-order chi connectivity index (χ1) is 19.0. The van der Waals surface area contributed by atoms with Gasteiger partial charge in [-0.05, 0) is 70.0 Å². The van der Waals surface area contributed by atoms with Gasteiger partial charge in [0.1, 0.15) is 11.5 Å². The van der Waals surface area contributed by atoms with Crippen LogP contribution in [0.5, 0.6) is 5.75 Å². The Kier molecular flexibility index (Phi) is 8.50. The maximum Gasteiger partial charge on any atom is 0.373 e. The molecule has 3 aromatic rings. The molecule has 0 atom stereocenters. The van der Waals surface area contributed by atoms with Crippen molar-refractivity contribution in [2.24, 2.45) is 0 Å². The van der Waals surface area contributed by atoms with Crippen molar-refractivity contribution in [1.82, 2.24) is 10.2 Å². The average molecular weight is 634 g/mol. The van der Waals surface area contributed by atoms with Crippen LogP contribution in [0.3, 0.4) is 0 Å². The van der Waals surface area contributed by atoms with Crippen LogP contribution in [0.1, 0.15) is 21.9 Å². The number of nitro groups is 1. The Morgan fingerprint density at radius 2 is 1.93 bits per heavy atom. The van der Waals surface area contributed by atoms with Gasteiger partial charge in [0.15, 0.2) is 6.61 Å². The number of nitrogens with zero attached hydrogens (tertiary/aromatic N) is 2. The minimum atomic E-state index is -0.757. The summed E-state index contributed by atoms with van der Waals surface area (Å²) in [5.74, 6) is -2.15. The zero-order valence-electron chi connectivity index (χ0n) is 20.4. The third-order valence-corrected chi connectivity index (χ3v) is 6.20. The summed E-state index contributed by atoms with van der Waals surface area (Å²) in [6.45, 7) is -0.801. The molecule has 1 aliphatic rings. The Balaban J connectivity index is 1.48. The first-order valence-electron chi connectivity index (χ1n) is 11.2. The van der Waals surface area contributed by atoms with Gasteiger partial charge in [0.25, 0.3) is 11.8 Å². The van der Waals surface area contributed by atoms with Crippen molar-refractivity contribution in [3.05, 3.63) is 90.9 Å². The Bertz CT molecular complexity index is 1550. The van der Waals surface area contributed by atoms with E-state index >= 15 is 0 Å². The number of nitro benzene ring substituents is 1. The number of furan rings is 1. The number of methoxy groups -OCH3 is 1. The minimum absolute atomic E-state index is 0.0951. The molecular formula is C25H18BrClN4O9. The Morgan fingerprint density at radius 3 is 2.60 bits per heavy atom. The summed E-state index contributed by atoms with van der Waals surface area (Å²) in [6.07, 6.45) is 1.25. The number of anilines is 1. The molecule has 4 rings (SSSR count). The van der Waals surface area contributed by atoms with Crippen LogP contribution >= 0.6 is 27.5 Å². The second-order valence-electron chi connectivity index (χ2n) is 8.09. The molecule has 0 unspecified atom stereocenters. The van der Waals surface area contributed by atoms with Crippen molar-refractivity contribution in [3.63, 3.8) is 0 Å². The zero-order chi connectivity index (χ0) is 29.0. The van der Waals surface area contributed by atoms with Crippen molar-refractivity contribution in [2.75, 3.05) is 19.0 Å². The quantitative estimate of drug-likeness (QED) is 0.113. The van der Waals surface area contributed by atoms with E-state index in [0.717, 1.165) is 11.0 Å². The second-order valence-corrected chi connectivity index (χ2v) is 9.38. The maximum absolute atomic E-state index is 12.9. The number of halogens is 2. The SMILES string of the molecule is COC(=O)c1ccc(CN2C(=O)N/C(=C\c3cc(Br)c(OCC(=O)Nc4ccc(Cl)cc4)c([N+](=O)[O-])c3)C2=O)o1. The van der Waals surface area contributed by atoms with Gasteiger partial charge in [-0.3, -0.25) is 24.6 Å². The highest BCUT2D eigenvalue weighted by molar-refractivity contribution is 9.10. The third-order valence-electron chi connectivity index (χ3n) is 5.35. The summed E-state index contributed by atoms with van der Waals surface area (Å²) in [4.78, 5) is 61.0. The van der Waals surface area contributed by atoms with Crippen molar-refractivity contribution in [2.45, 2.75) is 6.54 Å². The molecule has 1 saturated heterocycles. The molecule has 2 N–H and O–H groups in total. The van der Waals surface area contributed by atoms with E-state index in [9.17, 15) is 29.3 Å². The molecule has 1 aromatic heterocycles. The van der Waals surface area contributed by atoms with Gasteiger partial charge >= 0.3 is 17.7 Å². The van der Waals surface area contributed by atoms with E-state index in [-0.39, 0.29) is 39.5 Å². The molecule has 4 amide bonds. The summed E-state index contributed by atoms with van der Waals surface area (Å²) in [5, 5.41) is 17.2. The standard InChI is InChI=1S/C25H18BrClN4O9/c1-38-24(34)20-7-6-16(40-20)11-30-23(33)18(29-25(30)35)9-13-8-17(26)22(19(10-13)31(36)37)39-12-21(32)28-15-4-2-14(27)3-5-15/h2-10H,11-12H2,1H3,(H,28,32)(H,29,35)/b18-9-. The van der Waals surface area contributed by atoms with Crippen LogP contribution in [0.25, 0.3) is 6.08 Å². The molecule has 40 heavy (non-hydrogen) atoms. The number of imide groups is 1. The topological polar surface area (TPSA) is 170 Å². The number of hydrogen-bond acceptors (Lipinski definition) is 9. The van der Waals surface area contributed by atoms with Gasteiger partial charge < -0.3 is 24.5 Å². The van der Waals surface area contributed by atoms with Gasteiger partial charge in [-0.25, -0.2) is 9.59 Å². The summed E-state index contributed by atoms with van der Waals surface area (Å²) in [7, 11) is 1.18. The number of hydrogen-bond donors (Lipinski definition) is 2. The molecule has 15 heteroatoms. The molecule has 2 aromatic carbocycles. The highest BCUT2D eigenvalue weighted by Crippen LogP contribution is 2.37. The van der Waals surface area contributed by atoms with E-state index in [0.29, 0.717) is 10.7 Å². The molecular weight excluding hydrogens is 616 g/mol. The smallest absolute Gasteiger partial charge is 0.373 e. The number of urea groups is 1. The average Bonchev–Trinajstić information content (AvgIpc) is 3.49. The fourth-order valence-corrected chi connectivity index (χ4v) is 4.25. The summed E-state index contributed by atoms with van der Waals surface area (Å²) >= 11 is 9.03. The molecule has 0 spiro atoms. The Morgan fingerprint density at radius 1 is 1.20 bits per heavy atom. The molecule has 1 aliphatic heterocycles. The van der Waals surface area contributed by atoms with Crippen molar-refractivity contribution < 1.29 is 38.0 Å². The fourth-order valence-electron chi connectivity index (χ4n) is 3.54. The van der Waals surface area contributed by atoms with Gasteiger partial charge in [0.2, 0.25) is 11.5 Å². The van der Waals surface area contributed by atoms with Gasteiger partial charge in [-0.1, -0.05) is 11.6 Å². The van der Waals surface area contributed by atoms with Crippen LogP contribution in [-0.2, 0) is 20.9 Å². The van der Waals surface area contributed by atoms with Gasteiger partial charge in [0.05, 0.1) is 23.1 Å². The molecule has 13 nitrogen and oxygen atoms in total. The zero-order valence-corrected chi connectivity index (χ0v) is 22.8. The summed E-state index contributed by atoms with van der Waals surface area (Å²) in [5.41, 5.74) is 0.0110. The van der Waals surface area contributed by atoms with E-state index in [2.05, 4.69) is 31.3 Å². The minimum Gasteiger partial charge on any atom is -0.476 e. The monoisotopic (exact) mass is 632 g/mol. The molecule has 2 heterocycles. The lowest BCUT2D eigenvalue weighted by molar-refractivity contribution is -0.385. The van der Waals surface area contributed by atoms with Gasteiger partial charge in [-0.15, -0.1) is 0 Å². The van der Waals surface area contributed by atoms with Crippen molar-refractivity contribution >= 4 is 68.8 Å². The second kappa shape index (κ2) is 12.0. The molecule has 1 fully saturated rings. The number of carbonyl (C=O) groups is 4. The van der Waals surface area contributed by atoms with Crippen molar-refractivity contribution in [1.29, 1.82) is 0 Å². The largest absolute Gasteiger partial charge is 0.476 e. The first-order valence-corrected chi connectivity index (χ1v) is 12.4. The van der Waals surface area contributed by atoms with E-state index in [1.54, 1.807) is 24.3 Å². The Labute approximate surface area is 238 Å². The Hall–Kier alpha value is -4.69. The van der Waals surface area contributed by atoms with Gasteiger partial charge in [-0.2, -0.15) is 0 Å². The number of amides is 4. The number of carbonyl (C=O) groups excluding carboxylic acids is 4. The van der Waals surface area contributed by atoms with Crippen LogP contribution in [0.4, 0.5) is 16.2 Å². The highest BCUT2D eigenvalue weighted by Gasteiger charge is 2.34. The molecule has 0 aliphatic carbocycles.